The number of rotatable bonds is 7. The van der Waals surface area contributed by atoms with Crippen LogP contribution in [0.3, 0.4) is 0 Å². The molecule has 0 bridgehead atoms. The van der Waals surface area contributed by atoms with E-state index in [4.69, 9.17) is 4.98 Å². The molecule has 0 saturated carbocycles. The highest BCUT2D eigenvalue weighted by molar-refractivity contribution is 7.16. The summed E-state index contributed by atoms with van der Waals surface area (Å²) in [6.45, 7) is 10.1. The molecule has 0 spiro atoms. The maximum Gasteiger partial charge on any atom is 0.258 e. The lowest BCUT2D eigenvalue weighted by Gasteiger charge is -2.38. The number of piperazine rings is 1. The molecule has 1 aliphatic rings. The number of β-amino-alcohol motifs (C(OH)–C–C–N with tert-alkyl or cyclic N) is 1. The standard InChI is InChI=1S/C30H33FN6O2S/c1-5-36-18-25(34(4)29-33-27(26(17-32)40-29)20-6-8-21(31)9-7-20)24-16-22(10-11-23(24)28(36)38)37-14-12-35(13-15-37)19-30(2,3)39/h6-11,16,18,39H,5,12-15,19H2,1-4H3. The van der Waals surface area contributed by atoms with Gasteiger partial charge in [0, 0.05) is 74.5 Å². The molecule has 5 rings (SSSR count). The monoisotopic (exact) mass is 560 g/mol. The minimum atomic E-state index is -0.735. The second-order valence-corrected chi connectivity index (χ2v) is 11.7. The minimum Gasteiger partial charge on any atom is -0.389 e. The summed E-state index contributed by atoms with van der Waals surface area (Å²) >= 11 is 1.26. The highest BCUT2D eigenvalue weighted by Gasteiger charge is 2.24. The van der Waals surface area contributed by atoms with Gasteiger partial charge < -0.3 is 19.5 Å². The maximum absolute atomic E-state index is 13.5. The van der Waals surface area contributed by atoms with E-state index < -0.39 is 5.60 Å². The molecule has 1 saturated heterocycles. The molecule has 3 heterocycles. The Kier molecular flexibility index (Phi) is 7.64. The van der Waals surface area contributed by atoms with Crippen LogP contribution >= 0.6 is 11.3 Å². The average molecular weight is 561 g/mol. The number of anilines is 3. The van der Waals surface area contributed by atoms with Crippen LogP contribution in [-0.4, -0.2) is 64.9 Å². The fourth-order valence-electron chi connectivity index (χ4n) is 5.21. The van der Waals surface area contributed by atoms with Crippen molar-refractivity contribution in [1.82, 2.24) is 14.5 Å². The summed E-state index contributed by atoms with van der Waals surface area (Å²) in [5.74, 6) is -0.349. The molecule has 208 valence electrons. The van der Waals surface area contributed by atoms with Crippen molar-refractivity contribution in [3.63, 3.8) is 0 Å². The normalized spacial score (nSPS) is 14.5. The van der Waals surface area contributed by atoms with Crippen LogP contribution in [0.2, 0.25) is 0 Å². The summed E-state index contributed by atoms with van der Waals surface area (Å²) in [7, 11) is 1.88. The van der Waals surface area contributed by atoms with Gasteiger partial charge in [-0.2, -0.15) is 5.26 Å². The molecule has 0 atom stereocenters. The molecule has 2 aromatic carbocycles. The summed E-state index contributed by atoms with van der Waals surface area (Å²) < 4.78 is 15.2. The fraction of sp³-hybridized carbons (Fsp3) is 0.367. The van der Waals surface area contributed by atoms with E-state index in [9.17, 15) is 19.6 Å². The molecule has 8 nitrogen and oxygen atoms in total. The molecule has 1 aliphatic heterocycles. The molecule has 0 amide bonds. The maximum atomic E-state index is 13.5. The molecule has 4 aromatic rings. The molecule has 0 unspecified atom stereocenters. The van der Waals surface area contributed by atoms with Crippen molar-refractivity contribution in [3.8, 4) is 17.3 Å². The van der Waals surface area contributed by atoms with Crippen LogP contribution in [0.15, 0.2) is 53.5 Å². The van der Waals surface area contributed by atoms with Gasteiger partial charge in [-0.05, 0) is 63.2 Å². The number of thiazole rings is 1. The van der Waals surface area contributed by atoms with Crippen molar-refractivity contribution in [2.45, 2.75) is 32.9 Å². The van der Waals surface area contributed by atoms with Crippen molar-refractivity contribution in [1.29, 1.82) is 5.26 Å². The average Bonchev–Trinajstić information content (AvgIpc) is 3.37. The summed E-state index contributed by atoms with van der Waals surface area (Å²) in [5.41, 5.74) is 2.22. The van der Waals surface area contributed by atoms with Gasteiger partial charge in [-0.25, -0.2) is 9.37 Å². The third kappa shape index (κ3) is 5.59. The van der Waals surface area contributed by atoms with Gasteiger partial charge in [-0.3, -0.25) is 9.69 Å². The zero-order valence-corrected chi connectivity index (χ0v) is 24.0. The number of hydrogen-bond donors (Lipinski definition) is 1. The first-order valence-corrected chi connectivity index (χ1v) is 14.2. The second-order valence-electron chi connectivity index (χ2n) is 10.8. The summed E-state index contributed by atoms with van der Waals surface area (Å²) in [5, 5.41) is 22.0. The number of aryl methyl sites for hydroxylation is 1. The number of aliphatic hydroxyl groups is 1. The van der Waals surface area contributed by atoms with E-state index in [-0.39, 0.29) is 11.4 Å². The predicted molar refractivity (Wildman–Crippen MR) is 159 cm³/mol. The Morgan fingerprint density at radius 2 is 1.82 bits per heavy atom. The number of hydrogen-bond acceptors (Lipinski definition) is 8. The second kappa shape index (κ2) is 11.0. The first-order valence-electron chi connectivity index (χ1n) is 13.4. The number of halogens is 1. The lowest BCUT2D eigenvalue weighted by atomic mass is 10.1. The number of aromatic nitrogens is 2. The Bertz CT molecular complexity index is 1630. The van der Waals surface area contributed by atoms with Crippen LogP contribution in [-0.2, 0) is 6.54 Å². The van der Waals surface area contributed by atoms with E-state index >= 15 is 0 Å². The van der Waals surface area contributed by atoms with E-state index in [1.807, 2.05) is 51.0 Å². The Labute approximate surface area is 237 Å². The van der Waals surface area contributed by atoms with Crippen molar-refractivity contribution >= 4 is 38.6 Å². The third-order valence-corrected chi connectivity index (χ3v) is 8.26. The molecule has 1 fully saturated rings. The van der Waals surface area contributed by atoms with Crippen LogP contribution < -0.4 is 15.4 Å². The van der Waals surface area contributed by atoms with Gasteiger partial charge in [0.15, 0.2) is 5.13 Å². The van der Waals surface area contributed by atoms with Gasteiger partial charge in [-0.15, -0.1) is 0 Å². The van der Waals surface area contributed by atoms with Gasteiger partial charge in [0.2, 0.25) is 0 Å². The van der Waals surface area contributed by atoms with Crippen molar-refractivity contribution in [3.05, 3.63) is 69.7 Å². The first kappa shape index (κ1) is 27.8. The molecular formula is C30H33FN6O2S. The van der Waals surface area contributed by atoms with Gasteiger partial charge in [-0.1, -0.05) is 11.3 Å². The van der Waals surface area contributed by atoms with Gasteiger partial charge >= 0.3 is 0 Å². The Morgan fingerprint density at radius 1 is 1.12 bits per heavy atom. The van der Waals surface area contributed by atoms with Crippen molar-refractivity contribution in [2.24, 2.45) is 0 Å². The molecule has 1 N–H and O–H groups in total. The number of benzene rings is 2. The number of nitriles is 1. The highest BCUT2D eigenvalue weighted by Crippen LogP contribution is 2.38. The first-order chi connectivity index (χ1) is 19.1. The highest BCUT2D eigenvalue weighted by atomic mass is 32.1. The molecule has 0 radical (unpaired) electrons. The number of nitrogens with zero attached hydrogens (tertiary/aromatic N) is 6. The lowest BCUT2D eigenvalue weighted by molar-refractivity contribution is 0.0345. The molecule has 2 aromatic heterocycles. The SMILES string of the molecule is CCn1cc(N(C)c2nc(-c3ccc(F)cc3)c(C#N)s2)c2cc(N3CCN(CC(C)(C)O)CC3)ccc2c1=O. The van der Waals surface area contributed by atoms with Crippen LogP contribution in [0.5, 0.6) is 0 Å². The van der Waals surface area contributed by atoms with Gasteiger partial charge in [0.25, 0.3) is 5.56 Å². The van der Waals surface area contributed by atoms with Gasteiger partial charge in [0.05, 0.1) is 11.3 Å². The lowest BCUT2D eigenvalue weighted by Crippen LogP contribution is -2.50. The van der Waals surface area contributed by atoms with Crippen LogP contribution in [0.1, 0.15) is 25.6 Å². The van der Waals surface area contributed by atoms with Crippen LogP contribution in [0.4, 0.5) is 20.9 Å². The van der Waals surface area contributed by atoms with E-state index in [1.165, 1.54) is 23.5 Å². The molecule has 0 aliphatic carbocycles. The van der Waals surface area contributed by atoms with Crippen molar-refractivity contribution in [2.75, 3.05) is 49.6 Å². The summed E-state index contributed by atoms with van der Waals surface area (Å²) in [6, 6.07) is 14.1. The summed E-state index contributed by atoms with van der Waals surface area (Å²) in [4.78, 5) is 25.0. The van der Waals surface area contributed by atoms with Crippen molar-refractivity contribution < 1.29 is 9.50 Å². The predicted octanol–water partition coefficient (Wildman–Crippen LogP) is 4.82. The van der Waals surface area contributed by atoms with E-state index in [2.05, 4.69) is 21.9 Å². The van der Waals surface area contributed by atoms with Gasteiger partial charge in [0.1, 0.15) is 22.5 Å². The number of pyridine rings is 1. The zero-order chi connectivity index (χ0) is 28.6. The van der Waals surface area contributed by atoms with E-state index in [1.54, 1.807) is 16.7 Å². The third-order valence-electron chi connectivity index (χ3n) is 7.22. The van der Waals surface area contributed by atoms with E-state index in [0.29, 0.717) is 39.7 Å². The molecule has 10 heteroatoms. The van der Waals surface area contributed by atoms with Crippen LogP contribution in [0.25, 0.3) is 22.0 Å². The summed E-state index contributed by atoms with van der Waals surface area (Å²) in [6.07, 6.45) is 1.85. The quantitative estimate of drug-likeness (QED) is 0.347. The Balaban J connectivity index is 1.53. The molecular weight excluding hydrogens is 527 g/mol. The molecule has 40 heavy (non-hydrogen) atoms. The topological polar surface area (TPSA) is 88.6 Å². The Hall–Kier alpha value is -3.78. The van der Waals surface area contributed by atoms with E-state index in [0.717, 1.165) is 42.9 Å². The smallest absolute Gasteiger partial charge is 0.258 e. The minimum absolute atomic E-state index is 0.0555. The number of fused-ring (bicyclic) bond motifs is 1. The largest absolute Gasteiger partial charge is 0.389 e. The fourth-order valence-corrected chi connectivity index (χ4v) is 6.07. The Morgan fingerprint density at radius 3 is 2.45 bits per heavy atom. The zero-order valence-electron chi connectivity index (χ0n) is 23.2. The van der Waals surface area contributed by atoms with Crippen LogP contribution in [0, 0.1) is 17.1 Å².